The second-order valence-corrected chi connectivity index (χ2v) is 6.60. The average Bonchev–Trinajstić information content (AvgIpc) is 3.00. The molecule has 2 aliphatic heterocycles. The standard InChI is InChI=1S/C18H24FN3O2/c1-14(22-7-3-6-17(22)23)18(24)21-10-8-20(9-11-21)13-15-4-2-5-16(19)12-15/h2,4-5,12,14H,3,6-11,13H2,1H3/t14-/m1/s1. The fraction of sp³-hybridized carbons (Fsp3) is 0.556. The van der Waals surface area contributed by atoms with Crippen LogP contribution in [0.5, 0.6) is 0 Å². The molecule has 24 heavy (non-hydrogen) atoms. The highest BCUT2D eigenvalue weighted by molar-refractivity contribution is 5.88. The van der Waals surface area contributed by atoms with E-state index in [1.807, 2.05) is 17.9 Å². The zero-order chi connectivity index (χ0) is 17.1. The van der Waals surface area contributed by atoms with Crippen molar-refractivity contribution in [2.24, 2.45) is 0 Å². The molecule has 2 fully saturated rings. The van der Waals surface area contributed by atoms with E-state index in [2.05, 4.69) is 4.90 Å². The van der Waals surface area contributed by atoms with E-state index in [4.69, 9.17) is 0 Å². The molecule has 1 aromatic carbocycles. The molecule has 130 valence electrons. The summed E-state index contributed by atoms with van der Waals surface area (Å²) in [6.07, 6.45) is 1.40. The quantitative estimate of drug-likeness (QED) is 0.838. The predicted molar refractivity (Wildman–Crippen MR) is 88.7 cm³/mol. The van der Waals surface area contributed by atoms with Crippen molar-refractivity contribution in [1.29, 1.82) is 0 Å². The predicted octanol–water partition coefficient (Wildman–Crippen LogP) is 1.48. The van der Waals surface area contributed by atoms with Crippen LogP contribution in [0.25, 0.3) is 0 Å². The van der Waals surface area contributed by atoms with Gasteiger partial charge in [0.15, 0.2) is 0 Å². The smallest absolute Gasteiger partial charge is 0.245 e. The molecule has 2 saturated heterocycles. The molecule has 1 atom stereocenters. The third-order valence-corrected chi connectivity index (χ3v) is 4.91. The van der Waals surface area contributed by atoms with Crippen LogP contribution in [0.15, 0.2) is 24.3 Å². The molecule has 1 aromatic rings. The number of halogens is 1. The first-order valence-electron chi connectivity index (χ1n) is 8.59. The number of piperazine rings is 1. The Morgan fingerprint density at radius 1 is 1.21 bits per heavy atom. The van der Waals surface area contributed by atoms with Crippen molar-refractivity contribution in [3.8, 4) is 0 Å². The highest BCUT2D eigenvalue weighted by Crippen LogP contribution is 2.16. The number of nitrogens with zero attached hydrogens (tertiary/aromatic N) is 3. The van der Waals surface area contributed by atoms with Gasteiger partial charge in [0, 0.05) is 45.7 Å². The van der Waals surface area contributed by atoms with E-state index >= 15 is 0 Å². The molecule has 0 aliphatic carbocycles. The van der Waals surface area contributed by atoms with Gasteiger partial charge in [0.1, 0.15) is 11.9 Å². The number of hydrogen-bond acceptors (Lipinski definition) is 3. The van der Waals surface area contributed by atoms with Gasteiger partial charge in [-0.2, -0.15) is 0 Å². The van der Waals surface area contributed by atoms with Gasteiger partial charge in [-0.3, -0.25) is 14.5 Å². The Hall–Kier alpha value is -1.95. The normalized spacial score (nSPS) is 20.5. The van der Waals surface area contributed by atoms with Gasteiger partial charge in [0.25, 0.3) is 0 Å². The molecule has 2 amide bonds. The number of likely N-dealkylation sites (tertiary alicyclic amines) is 1. The van der Waals surface area contributed by atoms with E-state index in [9.17, 15) is 14.0 Å². The summed E-state index contributed by atoms with van der Waals surface area (Å²) in [6, 6.07) is 6.27. The van der Waals surface area contributed by atoms with Gasteiger partial charge in [-0.15, -0.1) is 0 Å². The van der Waals surface area contributed by atoms with Crippen LogP contribution in [-0.2, 0) is 16.1 Å². The first kappa shape index (κ1) is 16.9. The number of rotatable bonds is 4. The van der Waals surface area contributed by atoms with Crippen LogP contribution in [0.2, 0.25) is 0 Å². The van der Waals surface area contributed by atoms with E-state index in [-0.39, 0.29) is 23.7 Å². The van der Waals surface area contributed by atoms with E-state index in [0.29, 0.717) is 32.6 Å². The molecular formula is C18H24FN3O2. The van der Waals surface area contributed by atoms with E-state index < -0.39 is 0 Å². The molecule has 2 aliphatic rings. The summed E-state index contributed by atoms with van der Waals surface area (Å²) >= 11 is 0. The van der Waals surface area contributed by atoms with Crippen molar-refractivity contribution in [2.75, 3.05) is 32.7 Å². The highest BCUT2D eigenvalue weighted by atomic mass is 19.1. The maximum atomic E-state index is 13.3. The summed E-state index contributed by atoms with van der Waals surface area (Å²) in [6.45, 7) is 6.04. The zero-order valence-electron chi connectivity index (χ0n) is 14.1. The summed E-state index contributed by atoms with van der Waals surface area (Å²) in [7, 11) is 0. The molecule has 6 heteroatoms. The fourth-order valence-electron chi connectivity index (χ4n) is 3.50. The van der Waals surface area contributed by atoms with Gasteiger partial charge < -0.3 is 9.80 Å². The first-order valence-corrected chi connectivity index (χ1v) is 8.59. The third-order valence-electron chi connectivity index (χ3n) is 4.91. The zero-order valence-corrected chi connectivity index (χ0v) is 14.1. The first-order chi connectivity index (χ1) is 11.5. The summed E-state index contributed by atoms with van der Waals surface area (Å²) in [5, 5.41) is 0. The minimum absolute atomic E-state index is 0.0376. The lowest BCUT2D eigenvalue weighted by atomic mass is 10.1. The Labute approximate surface area is 142 Å². The Kier molecular flexibility index (Phi) is 5.14. The van der Waals surface area contributed by atoms with Crippen molar-refractivity contribution in [1.82, 2.24) is 14.7 Å². The number of hydrogen-bond donors (Lipinski definition) is 0. The molecular weight excluding hydrogens is 309 g/mol. The molecule has 5 nitrogen and oxygen atoms in total. The Morgan fingerprint density at radius 3 is 2.58 bits per heavy atom. The maximum Gasteiger partial charge on any atom is 0.245 e. The second kappa shape index (κ2) is 7.30. The van der Waals surface area contributed by atoms with Crippen LogP contribution in [0.4, 0.5) is 4.39 Å². The molecule has 0 aromatic heterocycles. The van der Waals surface area contributed by atoms with Crippen molar-refractivity contribution < 1.29 is 14.0 Å². The van der Waals surface area contributed by atoms with Gasteiger partial charge in [-0.1, -0.05) is 12.1 Å². The molecule has 0 saturated carbocycles. The third kappa shape index (κ3) is 3.75. The molecule has 0 spiro atoms. The fourth-order valence-corrected chi connectivity index (χ4v) is 3.50. The van der Waals surface area contributed by atoms with Crippen LogP contribution >= 0.6 is 0 Å². The van der Waals surface area contributed by atoms with Crippen LogP contribution in [0, 0.1) is 5.82 Å². The minimum atomic E-state index is -0.366. The van der Waals surface area contributed by atoms with Crippen molar-refractivity contribution >= 4 is 11.8 Å². The summed E-state index contributed by atoms with van der Waals surface area (Å²) in [5.74, 6) is -0.0957. The minimum Gasteiger partial charge on any atom is -0.338 e. The van der Waals surface area contributed by atoms with Gasteiger partial charge in [0.05, 0.1) is 0 Å². The molecule has 2 heterocycles. The SMILES string of the molecule is C[C@H](C(=O)N1CCN(Cc2cccc(F)c2)CC1)N1CCCC1=O. The van der Waals surface area contributed by atoms with E-state index in [1.54, 1.807) is 17.0 Å². The van der Waals surface area contributed by atoms with Crippen molar-refractivity contribution in [3.63, 3.8) is 0 Å². The monoisotopic (exact) mass is 333 g/mol. The summed E-state index contributed by atoms with van der Waals surface area (Å²) < 4.78 is 13.3. The lowest BCUT2D eigenvalue weighted by Gasteiger charge is -2.37. The lowest BCUT2D eigenvalue weighted by molar-refractivity contribution is -0.144. The summed E-state index contributed by atoms with van der Waals surface area (Å²) in [4.78, 5) is 30.2. The van der Waals surface area contributed by atoms with Crippen molar-refractivity contribution in [3.05, 3.63) is 35.6 Å². The van der Waals surface area contributed by atoms with Crippen LogP contribution in [0.1, 0.15) is 25.3 Å². The molecule has 0 unspecified atom stereocenters. The van der Waals surface area contributed by atoms with E-state index in [0.717, 1.165) is 25.1 Å². The number of amides is 2. The van der Waals surface area contributed by atoms with Crippen LogP contribution in [0.3, 0.4) is 0 Å². The van der Waals surface area contributed by atoms with E-state index in [1.165, 1.54) is 6.07 Å². The van der Waals surface area contributed by atoms with Crippen LogP contribution < -0.4 is 0 Å². The summed E-state index contributed by atoms with van der Waals surface area (Å²) in [5.41, 5.74) is 0.950. The Bertz CT molecular complexity index is 614. The average molecular weight is 333 g/mol. The Morgan fingerprint density at radius 2 is 1.96 bits per heavy atom. The highest BCUT2D eigenvalue weighted by Gasteiger charge is 2.33. The lowest BCUT2D eigenvalue weighted by Crippen LogP contribution is -2.54. The number of carbonyl (C=O) groups excluding carboxylic acids is 2. The largest absolute Gasteiger partial charge is 0.338 e. The maximum absolute atomic E-state index is 13.3. The molecule has 0 N–H and O–H groups in total. The molecule has 0 radical (unpaired) electrons. The number of carbonyl (C=O) groups is 2. The van der Waals surface area contributed by atoms with Gasteiger partial charge in [-0.25, -0.2) is 4.39 Å². The van der Waals surface area contributed by atoms with Crippen molar-refractivity contribution in [2.45, 2.75) is 32.4 Å². The second-order valence-electron chi connectivity index (χ2n) is 6.60. The molecule has 0 bridgehead atoms. The van der Waals surface area contributed by atoms with Gasteiger partial charge in [-0.05, 0) is 31.0 Å². The number of benzene rings is 1. The molecule has 3 rings (SSSR count). The Balaban J connectivity index is 1.51. The van der Waals surface area contributed by atoms with Gasteiger partial charge >= 0.3 is 0 Å². The van der Waals surface area contributed by atoms with Gasteiger partial charge in [0.2, 0.25) is 11.8 Å². The van der Waals surface area contributed by atoms with Crippen LogP contribution in [-0.4, -0.2) is 65.3 Å². The topological polar surface area (TPSA) is 43.9 Å².